The van der Waals surface area contributed by atoms with E-state index >= 15 is 0 Å². The second-order valence-electron chi connectivity index (χ2n) is 12.6. The topological polar surface area (TPSA) is 121 Å². The van der Waals surface area contributed by atoms with Crippen LogP contribution in [0.2, 0.25) is 0 Å². The molecule has 0 unspecified atom stereocenters. The van der Waals surface area contributed by atoms with Crippen LogP contribution in [0.5, 0.6) is 0 Å². The molecule has 0 aliphatic carbocycles. The first kappa shape index (κ1) is 27.7. The highest BCUT2D eigenvalue weighted by Crippen LogP contribution is 2.39. The van der Waals surface area contributed by atoms with Crippen molar-refractivity contribution >= 4 is 66.3 Å². The third-order valence-electron chi connectivity index (χ3n) is 9.64. The maximum atomic E-state index is 5.24. The fourth-order valence-corrected chi connectivity index (χ4v) is 7.27. The molecule has 0 fully saturated rings. The Labute approximate surface area is 289 Å². The number of fused-ring (bicyclic) bond motifs is 21. The number of rotatable bonds is 2. The molecule has 2 aliphatic rings. The minimum Gasteiger partial charge on any atom is -0.354 e. The summed E-state index contributed by atoms with van der Waals surface area (Å²) in [6.07, 6.45) is 0. The molecular weight excluding hydrogens is 631 g/mol. The maximum Gasteiger partial charge on any atom is 0.164 e. The van der Waals surface area contributed by atoms with Crippen molar-refractivity contribution in [1.29, 1.82) is 0 Å². The number of H-pyrrole nitrogens is 2. The van der Waals surface area contributed by atoms with Crippen molar-refractivity contribution in [3.8, 4) is 45.6 Å². The summed E-state index contributed by atoms with van der Waals surface area (Å²) in [6, 6.07) is 45.0. The molecule has 3 aromatic heterocycles. The average Bonchev–Trinajstić information content (AvgIpc) is 3.91. The Hall–Kier alpha value is -7.26. The smallest absolute Gasteiger partial charge is 0.164 e. The molecule has 9 aromatic rings. The fraction of sp³-hybridized carbons (Fsp3) is 0. The van der Waals surface area contributed by atoms with Gasteiger partial charge in [-0.2, -0.15) is 0 Å². The van der Waals surface area contributed by atoms with Crippen molar-refractivity contribution in [2.75, 3.05) is 5.32 Å². The monoisotopic (exact) mass is 655 g/mol. The standard InChI is InChI=1S/C42H25N9/c1-2-13-24-23(11-1)12-9-21-32(24)43-33-22-10-20-31-34(33)42-50-40-30-19-8-7-18-29(30)38(48-40)46-36-26-15-4-3-14-25(26)35(44-36)45-37-27-16-5-6-17-28(27)39(47-37)49-41(31)51-42/h1-22,43H,(H2,44,45,46,47,48,49,50,51). The Morgan fingerprint density at radius 3 is 1.35 bits per heavy atom. The van der Waals surface area contributed by atoms with Gasteiger partial charge in [-0.25, -0.2) is 29.9 Å². The Morgan fingerprint density at radius 1 is 0.333 bits per heavy atom. The summed E-state index contributed by atoms with van der Waals surface area (Å²) in [5, 5.41) is 9.68. The van der Waals surface area contributed by atoms with Crippen LogP contribution in [0.1, 0.15) is 0 Å². The molecule has 2 aliphatic heterocycles. The van der Waals surface area contributed by atoms with Gasteiger partial charge in [-0.3, -0.25) is 0 Å². The SMILES string of the molecule is c1ccc2c(c1)-c1nc-2nc2[nH]c(nc3nc(nc4[nH]c(n1)c1ccccc41)-c1ccccc1-3)c1c(Nc3cccc4ccccc34)cccc21. The normalized spacial score (nSPS) is 11.9. The summed E-state index contributed by atoms with van der Waals surface area (Å²) >= 11 is 0. The first-order chi connectivity index (χ1) is 25.2. The van der Waals surface area contributed by atoms with Gasteiger partial charge in [0, 0.05) is 49.5 Å². The van der Waals surface area contributed by atoms with Gasteiger partial charge in [0.15, 0.2) is 23.3 Å². The van der Waals surface area contributed by atoms with Crippen molar-refractivity contribution in [2.45, 2.75) is 0 Å². The first-order valence-corrected chi connectivity index (χ1v) is 16.7. The number of benzene rings is 6. The van der Waals surface area contributed by atoms with Gasteiger partial charge in [0.05, 0.1) is 11.1 Å². The summed E-state index contributed by atoms with van der Waals surface area (Å²) in [7, 11) is 0. The van der Waals surface area contributed by atoms with Crippen LogP contribution in [0.15, 0.2) is 133 Å². The first-order valence-electron chi connectivity index (χ1n) is 16.7. The van der Waals surface area contributed by atoms with E-state index in [0.29, 0.717) is 45.9 Å². The largest absolute Gasteiger partial charge is 0.354 e. The third-order valence-corrected chi connectivity index (χ3v) is 9.64. The van der Waals surface area contributed by atoms with Gasteiger partial charge in [0.2, 0.25) is 0 Å². The van der Waals surface area contributed by atoms with Crippen LogP contribution < -0.4 is 5.32 Å². The van der Waals surface area contributed by atoms with E-state index < -0.39 is 0 Å². The second-order valence-corrected chi connectivity index (χ2v) is 12.6. The number of hydrogen-bond donors (Lipinski definition) is 3. The predicted molar refractivity (Wildman–Crippen MR) is 203 cm³/mol. The summed E-state index contributed by atoms with van der Waals surface area (Å²) in [5.41, 5.74) is 8.10. The minimum absolute atomic E-state index is 0.561. The lowest BCUT2D eigenvalue weighted by molar-refractivity contribution is 1.19. The van der Waals surface area contributed by atoms with Crippen LogP contribution in [-0.2, 0) is 0 Å². The predicted octanol–water partition coefficient (Wildman–Crippen LogP) is 9.77. The molecule has 0 saturated carbocycles. The van der Waals surface area contributed by atoms with Crippen molar-refractivity contribution in [3.63, 3.8) is 0 Å². The van der Waals surface area contributed by atoms with Crippen LogP contribution in [-0.4, -0.2) is 39.9 Å². The number of anilines is 2. The summed E-state index contributed by atoms with van der Waals surface area (Å²) < 4.78 is 0. The lowest BCUT2D eigenvalue weighted by Gasteiger charge is -2.11. The molecule has 11 rings (SSSR count). The zero-order chi connectivity index (χ0) is 33.5. The highest BCUT2D eigenvalue weighted by Gasteiger charge is 2.22. The number of aromatic nitrogens is 8. The quantitative estimate of drug-likeness (QED) is 0.170. The van der Waals surface area contributed by atoms with Crippen LogP contribution in [0.3, 0.4) is 0 Å². The Morgan fingerprint density at radius 2 is 0.745 bits per heavy atom. The molecule has 8 bridgehead atoms. The van der Waals surface area contributed by atoms with Crippen LogP contribution in [0.4, 0.5) is 11.4 Å². The summed E-state index contributed by atoms with van der Waals surface area (Å²) in [5.74, 6) is 2.28. The molecular formula is C42H25N9. The van der Waals surface area contributed by atoms with Gasteiger partial charge in [-0.1, -0.05) is 121 Å². The molecule has 0 amide bonds. The second kappa shape index (κ2) is 10.6. The number of hydrogen-bond acceptors (Lipinski definition) is 7. The van der Waals surface area contributed by atoms with Gasteiger partial charge in [0.25, 0.3) is 0 Å². The summed E-state index contributed by atoms with van der Waals surface area (Å²) in [6.45, 7) is 0. The van der Waals surface area contributed by atoms with Crippen LogP contribution in [0, 0.1) is 0 Å². The van der Waals surface area contributed by atoms with Crippen molar-refractivity contribution in [1.82, 2.24) is 39.9 Å². The molecule has 0 saturated heterocycles. The van der Waals surface area contributed by atoms with Gasteiger partial charge in [0.1, 0.15) is 22.6 Å². The molecule has 51 heavy (non-hydrogen) atoms. The fourth-order valence-electron chi connectivity index (χ4n) is 7.27. The number of nitrogens with one attached hydrogen (secondary N) is 3. The van der Waals surface area contributed by atoms with E-state index in [1.165, 1.54) is 0 Å². The van der Waals surface area contributed by atoms with Gasteiger partial charge >= 0.3 is 0 Å². The average molecular weight is 656 g/mol. The maximum absolute atomic E-state index is 5.24. The molecule has 0 radical (unpaired) electrons. The van der Waals surface area contributed by atoms with E-state index in [2.05, 4.69) is 69.9 Å². The minimum atomic E-state index is 0.561. The molecule has 238 valence electrons. The van der Waals surface area contributed by atoms with E-state index in [9.17, 15) is 0 Å². The number of aromatic amines is 2. The van der Waals surface area contributed by atoms with E-state index in [1.54, 1.807) is 0 Å². The zero-order valence-electron chi connectivity index (χ0n) is 26.9. The molecule has 5 heterocycles. The van der Waals surface area contributed by atoms with Crippen molar-refractivity contribution in [3.05, 3.63) is 133 Å². The van der Waals surface area contributed by atoms with Gasteiger partial charge < -0.3 is 15.3 Å². The van der Waals surface area contributed by atoms with Crippen LogP contribution >= 0.6 is 0 Å². The van der Waals surface area contributed by atoms with Crippen molar-refractivity contribution in [2.24, 2.45) is 0 Å². The Bertz CT molecular complexity index is 3070. The van der Waals surface area contributed by atoms with Gasteiger partial charge in [-0.15, -0.1) is 0 Å². The summed E-state index contributed by atoms with van der Waals surface area (Å²) in [4.78, 5) is 37.7. The zero-order valence-corrected chi connectivity index (χ0v) is 26.9. The van der Waals surface area contributed by atoms with E-state index in [-0.39, 0.29) is 0 Å². The third kappa shape index (κ3) is 4.28. The lowest BCUT2D eigenvalue weighted by Crippen LogP contribution is -1.92. The molecule has 0 atom stereocenters. The van der Waals surface area contributed by atoms with Gasteiger partial charge in [-0.05, 0) is 17.5 Å². The Balaban J connectivity index is 1.28. The van der Waals surface area contributed by atoms with Crippen LogP contribution in [0.25, 0.3) is 100 Å². The number of nitrogens with zero attached hydrogens (tertiary/aromatic N) is 6. The highest BCUT2D eigenvalue weighted by molar-refractivity contribution is 6.13. The van der Waals surface area contributed by atoms with E-state index in [0.717, 1.165) is 65.9 Å². The highest BCUT2D eigenvalue weighted by atomic mass is 15.1. The van der Waals surface area contributed by atoms with Crippen molar-refractivity contribution < 1.29 is 0 Å². The van der Waals surface area contributed by atoms with E-state index in [4.69, 9.17) is 29.9 Å². The molecule has 3 N–H and O–H groups in total. The molecule has 9 nitrogen and oxygen atoms in total. The Kier molecular flexibility index (Phi) is 5.76. The molecule has 0 spiro atoms. The lowest BCUT2D eigenvalue weighted by atomic mass is 10.1. The molecule has 9 heteroatoms. The molecule has 6 aromatic carbocycles. The van der Waals surface area contributed by atoms with E-state index in [1.807, 2.05) is 78.9 Å².